The molecular weight excluding hydrogens is 134 g/mol. The summed E-state index contributed by atoms with van der Waals surface area (Å²) in [6, 6.07) is 0. The Morgan fingerprint density at radius 2 is 2.62 bits per heavy atom. The maximum Gasteiger partial charge on any atom is 0.520 e. The lowest BCUT2D eigenvalue weighted by Gasteiger charge is -1.79. The van der Waals surface area contributed by atoms with Gasteiger partial charge in [-0.2, -0.15) is 0 Å². The minimum absolute atomic E-state index is 0.233. The van der Waals surface area contributed by atoms with Crippen molar-refractivity contribution >= 4 is 18.4 Å². The van der Waals surface area contributed by atoms with Crippen LogP contribution in [0.1, 0.15) is 0 Å². The molecule has 44 valence electrons. The largest absolute Gasteiger partial charge is 0.520 e. The SMILES string of the molecule is N=[N+]=NSOC(=O)O. The van der Waals surface area contributed by atoms with Crippen LogP contribution in [-0.2, 0) is 4.18 Å². The van der Waals surface area contributed by atoms with Gasteiger partial charge in [-0.3, -0.25) is 0 Å². The Balaban J connectivity index is 3.18. The summed E-state index contributed by atoms with van der Waals surface area (Å²) in [5, 5.41) is 7.73. The van der Waals surface area contributed by atoms with Gasteiger partial charge in [-0.05, 0) is 0 Å². The molecule has 0 aliphatic carbocycles. The van der Waals surface area contributed by atoms with Gasteiger partial charge in [-0.1, -0.05) is 0 Å². The topological polar surface area (TPSA) is 96.8 Å². The van der Waals surface area contributed by atoms with Crippen molar-refractivity contribution in [3.63, 3.8) is 0 Å². The van der Waals surface area contributed by atoms with Gasteiger partial charge in [0.1, 0.15) is 5.53 Å². The van der Waals surface area contributed by atoms with Crippen LogP contribution in [0.4, 0.5) is 4.79 Å². The van der Waals surface area contributed by atoms with E-state index >= 15 is 0 Å². The summed E-state index contributed by atoms with van der Waals surface area (Å²) in [4.78, 5) is 11.9. The summed E-state index contributed by atoms with van der Waals surface area (Å²) in [5.41, 5.74) is 6.01. The highest BCUT2D eigenvalue weighted by Gasteiger charge is 1.97. The molecule has 2 N–H and O–H groups in total. The standard InChI is InChI=1S/CHN3O3S/c2-3-4-8-7-1(5)6/h2H/p+1. The first-order valence-electron chi connectivity index (χ1n) is 1.40. The minimum atomic E-state index is -1.46. The predicted molar refractivity (Wildman–Crippen MR) is 24.0 cm³/mol. The third kappa shape index (κ3) is 4.93. The van der Waals surface area contributed by atoms with E-state index in [1.165, 1.54) is 0 Å². The average molecular weight is 136 g/mol. The van der Waals surface area contributed by atoms with Gasteiger partial charge in [0.2, 0.25) is 9.43 Å². The predicted octanol–water partition coefficient (Wildman–Crippen LogP) is 0.795. The first kappa shape index (κ1) is 6.93. The maximum absolute atomic E-state index is 9.47. The van der Waals surface area contributed by atoms with Gasteiger partial charge in [0.05, 0.1) is 0 Å². The summed E-state index contributed by atoms with van der Waals surface area (Å²) < 4.78 is 6.55. The molecule has 0 aromatic carbocycles. The molecule has 0 unspecified atom stereocenters. The fraction of sp³-hybridized carbons (Fsp3) is 0. The van der Waals surface area contributed by atoms with Crippen LogP contribution in [0, 0.1) is 5.53 Å². The lowest BCUT2D eigenvalue weighted by atomic mass is 11.5. The fourth-order valence-corrected chi connectivity index (χ4v) is 0.196. The average Bonchev–Trinajstić information content (AvgIpc) is 1.66. The van der Waals surface area contributed by atoms with Crippen LogP contribution in [0.3, 0.4) is 0 Å². The second-order valence-electron chi connectivity index (χ2n) is 0.605. The van der Waals surface area contributed by atoms with E-state index in [-0.39, 0.29) is 12.2 Å². The first-order valence-corrected chi connectivity index (χ1v) is 2.10. The Labute approximate surface area is 48.4 Å². The van der Waals surface area contributed by atoms with Crippen molar-refractivity contribution in [2.75, 3.05) is 0 Å². The van der Waals surface area contributed by atoms with Gasteiger partial charge >= 0.3 is 6.16 Å². The van der Waals surface area contributed by atoms with E-state index < -0.39 is 6.16 Å². The number of hydrogen-bond donors (Lipinski definition) is 2. The Hall–Kier alpha value is -1.07. The molecule has 0 aromatic heterocycles. The molecule has 0 aliphatic heterocycles. The zero-order chi connectivity index (χ0) is 6.41. The molecule has 0 bridgehead atoms. The smallest absolute Gasteiger partial charge is 0.449 e. The summed E-state index contributed by atoms with van der Waals surface area (Å²) in [5.74, 6) is 0. The van der Waals surface area contributed by atoms with Crippen molar-refractivity contribution in [1.82, 2.24) is 4.91 Å². The number of nitrogens with one attached hydrogen (secondary N) is 1. The molecule has 0 spiro atoms. The highest BCUT2D eigenvalue weighted by molar-refractivity contribution is 7.93. The highest BCUT2D eigenvalue weighted by atomic mass is 32.2. The van der Waals surface area contributed by atoms with E-state index in [1.807, 2.05) is 0 Å². The van der Waals surface area contributed by atoms with Crippen molar-refractivity contribution in [2.45, 2.75) is 0 Å². The lowest BCUT2D eigenvalue weighted by molar-refractivity contribution is 0.153. The third-order valence-corrected chi connectivity index (χ3v) is 0.548. The van der Waals surface area contributed by atoms with Crippen LogP contribution in [0.2, 0.25) is 0 Å². The van der Waals surface area contributed by atoms with Gasteiger partial charge in [0.15, 0.2) is 0 Å². The molecule has 7 heteroatoms. The van der Waals surface area contributed by atoms with Crippen LogP contribution in [0.15, 0.2) is 4.52 Å². The quantitative estimate of drug-likeness (QED) is 0.254. The Bertz CT molecular complexity index is 126. The summed E-state index contributed by atoms with van der Waals surface area (Å²) in [6.45, 7) is 0. The monoisotopic (exact) mass is 136 g/mol. The molecule has 0 saturated heterocycles. The van der Waals surface area contributed by atoms with Gasteiger partial charge in [-0.25, -0.2) is 4.79 Å². The molecule has 0 radical (unpaired) electrons. The molecule has 0 fully saturated rings. The lowest BCUT2D eigenvalue weighted by Crippen LogP contribution is -1.89. The molecule has 0 aromatic rings. The fourth-order valence-electron chi connectivity index (χ4n) is 0.0652. The molecule has 6 nitrogen and oxygen atoms in total. The van der Waals surface area contributed by atoms with E-state index in [0.717, 1.165) is 0 Å². The van der Waals surface area contributed by atoms with Gasteiger partial charge in [0.25, 0.3) is 12.2 Å². The Morgan fingerprint density at radius 3 is 3.00 bits per heavy atom. The summed E-state index contributed by atoms with van der Waals surface area (Å²) >= 11 is 0.233. The zero-order valence-corrected chi connectivity index (χ0v) is 4.38. The van der Waals surface area contributed by atoms with Crippen molar-refractivity contribution in [2.24, 2.45) is 4.52 Å². The van der Waals surface area contributed by atoms with E-state index in [1.54, 1.807) is 0 Å². The number of hydrogen-bond acceptors (Lipinski definition) is 5. The second-order valence-corrected chi connectivity index (χ2v) is 1.08. The van der Waals surface area contributed by atoms with E-state index in [2.05, 4.69) is 13.6 Å². The van der Waals surface area contributed by atoms with Crippen molar-refractivity contribution in [3.8, 4) is 0 Å². The van der Waals surface area contributed by atoms with Crippen LogP contribution >= 0.6 is 12.2 Å². The number of carbonyl (C=O) groups is 1. The van der Waals surface area contributed by atoms with Gasteiger partial charge in [-0.15, -0.1) is 0 Å². The van der Waals surface area contributed by atoms with Crippen LogP contribution in [-0.4, -0.2) is 11.3 Å². The summed E-state index contributed by atoms with van der Waals surface area (Å²) in [7, 11) is 0. The third-order valence-electron chi connectivity index (χ3n) is 0.183. The molecule has 0 rings (SSSR count). The number of nitrogens with zero attached hydrogens (tertiary/aromatic N) is 2. The molecular formula is CH2N3O3S+. The molecule has 0 atom stereocenters. The molecule has 0 saturated carbocycles. The van der Waals surface area contributed by atoms with Crippen molar-refractivity contribution in [3.05, 3.63) is 0 Å². The normalized spacial score (nSPS) is 7.00. The van der Waals surface area contributed by atoms with Crippen LogP contribution < -0.4 is 4.91 Å². The van der Waals surface area contributed by atoms with Gasteiger partial charge in [0, 0.05) is 0 Å². The van der Waals surface area contributed by atoms with E-state index in [0.29, 0.717) is 0 Å². The Morgan fingerprint density at radius 1 is 2.00 bits per heavy atom. The maximum atomic E-state index is 9.47. The Kier molecular flexibility index (Phi) is 3.55. The molecule has 0 heterocycles. The number of carboxylic acid groups (broad SMARTS) is 1. The van der Waals surface area contributed by atoms with E-state index in [4.69, 9.17) is 10.6 Å². The van der Waals surface area contributed by atoms with Crippen LogP contribution in [0.5, 0.6) is 0 Å². The minimum Gasteiger partial charge on any atom is -0.449 e. The molecule has 0 aliphatic rings. The van der Waals surface area contributed by atoms with E-state index in [9.17, 15) is 4.79 Å². The number of rotatable bonds is 2. The van der Waals surface area contributed by atoms with Crippen molar-refractivity contribution < 1.29 is 14.1 Å². The summed E-state index contributed by atoms with van der Waals surface area (Å²) in [6.07, 6.45) is -1.46. The molecule has 8 heavy (non-hydrogen) atoms. The highest BCUT2D eigenvalue weighted by Crippen LogP contribution is 2.00. The van der Waals surface area contributed by atoms with Gasteiger partial charge < -0.3 is 9.29 Å². The zero-order valence-electron chi connectivity index (χ0n) is 3.57. The molecule has 0 amide bonds. The first-order chi connectivity index (χ1) is 3.77. The van der Waals surface area contributed by atoms with Crippen LogP contribution in [0.25, 0.3) is 0 Å². The van der Waals surface area contributed by atoms with Crippen molar-refractivity contribution in [1.29, 1.82) is 5.53 Å². The second kappa shape index (κ2) is 4.10.